The van der Waals surface area contributed by atoms with Crippen LogP contribution >= 0.6 is 0 Å². The van der Waals surface area contributed by atoms with Crippen molar-refractivity contribution in [2.75, 3.05) is 6.61 Å². The highest BCUT2D eigenvalue weighted by Crippen LogP contribution is 2.71. The number of hydrogen-bond donors (Lipinski definition) is 4. The molecule has 4 N–H and O–H groups in total. The van der Waals surface area contributed by atoms with E-state index in [0.29, 0.717) is 25.7 Å². The zero-order valence-corrected chi connectivity index (χ0v) is 15.2. The molecule has 0 heterocycles. The fourth-order valence-corrected chi connectivity index (χ4v) is 7.32. The van der Waals surface area contributed by atoms with Crippen LogP contribution in [0.15, 0.2) is 11.6 Å². The molecule has 0 radical (unpaired) electrons. The first-order valence-corrected chi connectivity index (χ1v) is 9.56. The second-order valence-electron chi connectivity index (χ2n) is 9.76. The predicted octanol–water partition coefficient (Wildman–Crippen LogP) is 2.24. The molecule has 3 saturated carbocycles. The Morgan fingerprint density at radius 2 is 1.92 bits per heavy atom. The maximum Gasteiger partial charge on any atom is 0.309 e. The minimum atomic E-state index is -1.46. The van der Waals surface area contributed by atoms with Gasteiger partial charge in [-0.25, -0.2) is 0 Å². The van der Waals surface area contributed by atoms with E-state index in [1.54, 1.807) is 0 Å². The van der Waals surface area contributed by atoms with Crippen molar-refractivity contribution in [3.63, 3.8) is 0 Å². The molecule has 1 spiro atoms. The molecular formula is C20H30O5. The summed E-state index contributed by atoms with van der Waals surface area (Å²) < 4.78 is 0. The lowest BCUT2D eigenvalue weighted by Gasteiger charge is -2.60. The van der Waals surface area contributed by atoms with Crippen LogP contribution < -0.4 is 0 Å². The number of carboxylic acid groups (broad SMARTS) is 1. The maximum absolute atomic E-state index is 12.1. The Morgan fingerprint density at radius 1 is 1.20 bits per heavy atom. The van der Waals surface area contributed by atoms with E-state index < -0.39 is 29.2 Å². The van der Waals surface area contributed by atoms with Gasteiger partial charge in [0.1, 0.15) is 5.60 Å². The molecule has 0 aromatic carbocycles. The molecule has 3 fully saturated rings. The van der Waals surface area contributed by atoms with Gasteiger partial charge in [-0.1, -0.05) is 25.0 Å². The lowest BCUT2D eigenvalue weighted by atomic mass is 9.44. The van der Waals surface area contributed by atoms with Crippen molar-refractivity contribution in [1.82, 2.24) is 0 Å². The SMILES string of the molecule is C[C@@]1(C(=O)O)CCC[C@@]2(C)C3=CC[C@]4(O)C[C@@]3(CCC12)C[C@]4(O)CO. The Bertz CT molecular complexity index is 658. The fourth-order valence-electron chi connectivity index (χ4n) is 7.32. The summed E-state index contributed by atoms with van der Waals surface area (Å²) in [6, 6.07) is 0. The van der Waals surface area contributed by atoms with Gasteiger partial charge >= 0.3 is 5.97 Å². The van der Waals surface area contributed by atoms with Gasteiger partial charge in [-0.3, -0.25) is 4.79 Å². The normalized spacial score (nSPS) is 54.4. The molecule has 25 heavy (non-hydrogen) atoms. The van der Waals surface area contributed by atoms with Crippen LogP contribution in [-0.4, -0.2) is 44.2 Å². The third-order valence-corrected chi connectivity index (χ3v) is 8.55. The fraction of sp³-hybridized carbons (Fsp3) is 0.850. The van der Waals surface area contributed by atoms with Gasteiger partial charge in [0.05, 0.1) is 17.6 Å². The van der Waals surface area contributed by atoms with Gasteiger partial charge in [-0.15, -0.1) is 0 Å². The van der Waals surface area contributed by atoms with Gasteiger partial charge in [-0.05, 0) is 68.6 Å². The van der Waals surface area contributed by atoms with E-state index in [1.807, 2.05) is 6.92 Å². The zero-order chi connectivity index (χ0) is 18.3. The average molecular weight is 350 g/mol. The number of carboxylic acids is 1. The van der Waals surface area contributed by atoms with Gasteiger partial charge in [0.25, 0.3) is 0 Å². The molecule has 4 rings (SSSR count). The van der Waals surface area contributed by atoms with E-state index in [9.17, 15) is 25.2 Å². The Kier molecular flexibility index (Phi) is 3.41. The first kappa shape index (κ1) is 17.5. The van der Waals surface area contributed by atoms with Crippen LogP contribution in [0.4, 0.5) is 0 Å². The largest absolute Gasteiger partial charge is 0.481 e. The van der Waals surface area contributed by atoms with Crippen LogP contribution in [0, 0.1) is 22.2 Å². The number of rotatable bonds is 2. The van der Waals surface area contributed by atoms with Crippen LogP contribution in [-0.2, 0) is 4.79 Å². The van der Waals surface area contributed by atoms with E-state index in [1.165, 1.54) is 5.57 Å². The van der Waals surface area contributed by atoms with Gasteiger partial charge in [0, 0.05) is 0 Å². The Hall–Kier alpha value is -0.910. The highest BCUT2D eigenvalue weighted by atomic mass is 16.4. The smallest absolute Gasteiger partial charge is 0.309 e. The van der Waals surface area contributed by atoms with E-state index in [-0.39, 0.29) is 16.7 Å². The summed E-state index contributed by atoms with van der Waals surface area (Å²) in [5.41, 5.74) is -2.69. The number of allylic oxidation sites excluding steroid dienone is 1. The molecule has 0 amide bonds. The molecule has 5 nitrogen and oxygen atoms in total. The molecule has 140 valence electrons. The summed E-state index contributed by atoms with van der Waals surface area (Å²) in [4.78, 5) is 12.1. The van der Waals surface area contributed by atoms with Crippen molar-refractivity contribution < 1.29 is 25.2 Å². The highest BCUT2D eigenvalue weighted by molar-refractivity contribution is 5.75. The topological polar surface area (TPSA) is 98.0 Å². The van der Waals surface area contributed by atoms with Gasteiger partial charge in [0.15, 0.2) is 0 Å². The van der Waals surface area contributed by atoms with Crippen LogP contribution in [0.3, 0.4) is 0 Å². The molecule has 0 saturated heterocycles. The third kappa shape index (κ3) is 1.92. The van der Waals surface area contributed by atoms with Crippen molar-refractivity contribution in [2.45, 2.75) is 76.4 Å². The maximum atomic E-state index is 12.1. The number of aliphatic carboxylic acids is 1. The second-order valence-corrected chi connectivity index (χ2v) is 9.76. The molecular weight excluding hydrogens is 320 g/mol. The summed E-state index contributed by atoms with van der Waals surface area (Å²) >= 11 is 0. The molecule has 4 aliphatic rings. The molecule has 0 aromatic heterocycles. The van der Waals surface area contributed by atoms with Gasteiger partial charge in [0.2, 0.25) is 0 Å². The molecule has 1 unspecified atom stereocenters. The lowest BCUT2D eigenvalue weighted by molar-refractivity contribution is -0.161. The van der Waals surface area contributed by atoms with Gasteiger partial charge in [-0.2, -0.15) is 0 Å². The zero-order valence-electron chi connectivity index (χ0n) is 15.2. The van der Waals surface area contributed by atoms with Crippen molar-refractivity contribution in [2.24, 2.45) is 22.2 Å². The van der Waals surface area contributed by atoms with Crippen molar-refractivity contribution in [1.29, 1.82) is 0 Å². The quantitative estimate of drug-likeness (QED) is 0.573. The van der Waals surface area contributed by atoms with Crippen molar-refractivity contribution in [3.8, 4) is 0 Å². The van der Waals surface area contributed by atoms with E-state index in [4.69, 9.17) is 0 Å². The molecule has 0 aliphatic heterocycles. The number of fused-ring (bicyclic) bond motifs is 3. The minimum Gasteiger partial charge on any atom is -0.481 e. The molecule has 0 aromatic rings. The van der Waals surface area contributed by atoms with Crippen LogP contribution in [0.2, 0.25) is 0 Å². The van der Waals surface area contributed by atoms with E-state index in [2.05, 4.69) is 13.0 Å². The summed E-state index contributed by atoms with van der Waals surface area (Å²) in [5, 5.41) is 41.6. The summed E-state index contributed by atoms with van der Waals surface area (Å²) in [7, 11) is 0. The summed E-state index contributed by atoms with van der Waals surface area (Å²) in [6.45, 7) is 3.67. The standard InChI is InChI=1S/C20H30O5/c1-16-6-3-7-17(2,15(22)23)13(16)4-8-18-10-19(24,9-5-14(16)18)20(25,11-18)12-21/h5,13,21,24-25H,3-4,6-12H2,1-2H3,(H,22,23)/t13?,16-,17-,18+,19+,20+/m1/s1. The van der Waals surface area contributed by atoms with Crippen LogP contribution in [0.25, 0.3) is 0 Å². The Morgan fingerprint density at radius 3 is 2.56 bits per heavy atom. The second kappa shape index (κ2) is 4.87. The monoisotopic (exact) mass is 350 g/mol. The van der Waals surface area contributed by atoms with Crippen molar-refractivity contribution in [3.05, 3.63) is 11.6 Å². The highest BCUT2D eigenvalue weighted by Gasteiger charge is 2.70. The summed E-state index contributed by atoms with van der Waals surface area (Å²) in [6.07, 6.45) is 7.43. The average Bonchev–Trinajstić information content (AvgIpc) is 2.69. The van der Waals surface area contributed by atoms with Crippen LogP contribution in [0.1, 0.15) is 65.2 Å². The predicted molar refractivity (Wildman–Crippen MR) is 91.8 cm³/mol. The lowest BCUT2D eigenvalue weighted by Crippen LogP contribution is -2.55. The summed E-state index contributed by atoms with van der Waals surface area (Å²) in [5.74, 6) is -0.622. The number of aliphatic hydroxyl groups excluding tert-OH is 1. The Labute approximate surface area is 148 Å². The van der Waals surface area contributed by atoms with E-state index >= 15 is 0 Å². The first-order valence-electron chi connectivity index (χ1n) is 9.56. The third-order valence-electron chi connectivity index (χ3n) is 8.55. The number of carbonyl (C=O) groups is 1. The number of hydrogen-bond acceptors (Lipinski definition) is 4. The van der Waals surface area contributed by atoms with Gasteiger partial charge < -0.3 is 20.4 Å². The van der Waals surface area contributed by atoms with Crippen LogP contribution in [0.5, 0.6) is 0 Å². The Balaban J connectivity index is 1.80. The molecule has 2 bridgehead atoms. The molecule has 5 heteroatoms. The first-order chi connectivity index (χ1) is 11.6. The van der Waals surface area contributed by atoms with Crippen molar-refractivity contribution >= 4 is 5.97 Å². The van der Waals surface area contributed by atoms with E-state index in [0.717, 1.165) is 25.7 Å². The number of aliphatic hydroxyl groups is 3. The molecule has 4 aliphatic carbocycles. The minimum absolute atomic E-state index is 0.0807. The molecule has 6 atom stereocenters.